The highest BCUT2D eigenvalue weighted by Crippen LogP contribution is 2.17. The molecule has 0 radical (unpaired) electrons. The monoisotopic (exact) mass is 295 g/mol. The number of carbonyl (C=O) groups is 2. The van der Waals surface area contributed by atoms with Crippen LogP contribution in [0, 0.1) is 0 Å². The van der Waals surface area contributed by atoms with Gasteiger partial charge in [0.05, 0.1) is 0 Å². The van der Waals surface area contributed by atoms with Gasteiger partial charge in [0, 0.05) is 23.9 Å². The topological polar surface area (TPSA) is 84.2 Å². The average molecular weight is 295 g/mol. The van der Waals surface area contributed by atoms with Crippen molar-refractivity contribution >= 4 is 34.3 Å². The largest absolute Gasteiger partial charge is 0.443 e. The second kappa shape index (κ2) is 5.69. The third-order valence-corrected chi connectivity index (χ3v) is 3.06. The van der Waals surface area contributed by atoms with Gasteiger partial charge >= 0.3 is 0 Å². The molecule has 0 saturated heterocycles. The van der Waals surface area contributed by atoms with E-state index in [0.29, 0.717) is 28.0 Å². The maximum absolute atomic E-state index is 12.2. The van der Waals surface area contributed by atoms with Crippen LogP contribution in [0.4, 0.5) is 11.4 Å². The summed E-state index contributed by atoms with van der Waals surface area (Å²) in [6.07, 6.45) is 1.34. The molecule has 22 heavy (non-hydrogen) atoms. The third kappa shape index (κ3) is 2.95. The van der Waals surface area contributed by atoms with Crippen molar-refractivity contribution in [2.75, 3.05) is 10.6 Å². The lowest BCUT2D eigenvalue weighted by Gasteiger charge is -2.07. The van der Waals surface area contributed by atoms with E-state index in [1.807, 2.05) is 0 Å². The van der Waals surface area contributed by atoms with Crippen LogP contribution in [0.15, 0.2) is 53.3 Å². The van der Waals surface area contributed by atoms with Crippen molar-refractivity contribution in [3.63, 3.8) is 0 Å². The van der Waals surface area contributed by atoms with Crippen LogP contribution in [0.2, 0.25) is 0 Å². The molecule has 3 aromatic rings. The summed E-state index contributed by atoms with van der Waals surface area (Å²) in [6.45, 7) is 1.44. The highest BCUT2D eigenvalue weighted by atomic mass is 16.3. The van der Waals surface area contributed by atoms with Crippen molar-refractivity contribution in [1.82, 2.24) is 4.98 Å². The van der Waals surface area contributed by atoms with E-state index < -0.39 is 0 Å². The minimum atomic E-state index is -0.245. The summed E-state index contributed by atoms with van der Waals surface area (Å²) in [5.74, 6) is -0.386. The van der Waals surface area contributed by atoms with E-state index in [2.05, 4.69) is 15.6 Å². The fraction of sp³-hybridized carbons (Fsp3) is 0.0625. The van der Waals surface area contributed by atoms with E-state index in [4.69, 9.17) is 4.42 Å². The molecule has 2 aromatic carbocycles. The zero-order valence-electron chi connectivity index (χ0n) is 11.8. The Bertz CT molecular complexity index is 837. The number of hydrogen-bond acceptors (Lipinski definition) is 4. The molecular formula is C16H13N3O3. The molecule has 6 heteroatoms. The first-order chi connectivity index (χ1) is 10.6. The molecule has 2 amide bonds. The van der Waals surface area contributed by atoms with E-state index in [0.717, 1.165) is 0 Å². The molecule has 3 rings (SSSR count). The summed E-state index contributed by atoms with van der Waals surface area (Å²) in [5.41, 5.74) is 3.06. The van der Waals surface area contributed by atoms with Crippen LogP contribution in [0.5, 0.6) is 0 Å². The third-order valence-electron chi connectivity index (χ3n) is 3.06. The number of oxazole rings is 1. The fourth-order valence-electron chi connectivity index (χ4n) is 2.04. The summed E-state index contributed by atoms with van der Waals surface area (Å²) in [5, 5.41) is 5.45. The van der Waals surface area contributed by atoms with E-state index in [1.165, 1.54) is 13.3 Å². The maximum Gasteiger partial charge on any atom is 0.255 e. The number of fused-ring (bicyclic) bond motifs is 1. The van der Waals surface area contributed by atoms with Crippen molar-refractivity contribution in [3.8, 4) is 0 Å². The Labute approximate surface area is 126 Å². The van der Waals surface area contributed by atoms with E-state index in [-0.39, 0.29) is 11.8 Å². The molecule has 0 fully saturated rings. The van der Waals surface area contributed by atoms with Crippen LogP contribution in [-0.4, -0.2) is 16.8 Å². The van der Waals surface area contributed by atoms with Crippen LogP contribution in [0.1, 0.15) is 17.3 Å². The molecule has 2 N–H and O–H groups in total. The van der Waals surface area contributed by atoms with Crippen LogP contribution >= 0.6 is 0 Å². The Morgan fingerprint density at radius 1 is 1.00 bits per heavy atom. The minimum absolute atomic E-state index is 0.142. The molecule has 0 aliphatic heterocycles. The Balaban J connectivity index is 1.74. The van der Waals surface area contributed by atoms with E-state index in [1.54, 1.807) is 42.5 Å². The van der Waals surface area contributed by atoms with Gasteiger partial charge in [-0.3, -0.25) is 9.59 Å². The Morgan fingerprint density at radius 3 is 2.36 bits per heavy atom. The van der Waals surface area contributed by atoms with Crippen LogP contribution < -0.4 is 10.6 Å². The van der Waals surface area contributed by atoms with Crippen molar-refractivity contribution in [3.05, 3.63) is 54.4 Å². The molecular weight excluding hydrogens is 282 g/mol. The van der Waals surface area contributed by atoms with Gasteiger partial charge in [-0.1, -0.05) is 0 Å². The smallest absolute Gasteiger partial charge is 0.255 e. The number of rotatable bonds is 3. The predicted molar refractivity (Wildman–Crippen MR) is 82.7 cm³/mol. The summed E-state index contributed by atoms with van der Waals surface area (Å²) >= 11 is 0. The van der Waals surface area contributed by atoms with Gasteiger partial charge < -0.3 is 15.1 Å². The number of nitrogens with one attached hydrogen (secondary N) is 2. The number of hydrogen-bond donors (Lipinski definition) is 2. The van der Waals surface area contributed by atoms with Gasteiger partial charge in [0.25, 0.3) is 5.91 Å². The van der Waals surface area contributed by atoms with Gasteiger partial charge in [-0.15, -0.1) is 0 Å². The molecule has 110 valence electrons. The standard InChI is InChI=1S/C16H13N3O3/c1-10(20)18-12-3-5-13(6-4-12)19-16(21)11-2-7-14-15(8-11)22-9-17-14/h2-9H,1H3,(H,18,20)(H,19,21). The van der Waals surface area contributed by atoms with Crippen LogP contribution in [-0.2, 0) is 4.79 Å². The summed E-state index contributed by atoms with van der Waals surface area (Å²) in [6, 6.07) is 11.9. The second-order valence-electron chi connectivity index (χ2n) is 4.75. The number of benzene rings is 2. The molecule has 1 heterocycles. The number of aromatic nitrogens is 1. The molecule has 0 aliphatic rings. The van der Waals surface area contributed by atoms with Crippen LogP contribution in [0.25, 0.3) is 11.1 Å². The molecule has 0 aliphatic carbocycles. The normalized spacial score (nSPS) is 10.4. The zero-order valence-corrected chi connectivity index (χ0v) is 11.8. The lowest BCUT2D eigenvalue weighted by molar-refractivity contribution is -0.114. The molecule has 6 nitrogen and oxygen atoms in total. The van der Waals surface area contributed by atoms with Crippen LogP contribution in [0.3, 0.4) is 0 Å². The van der Waals surface area contributed by atoms with Gasteiger partial charge in [-0.2, -0.15) is 0 Å². The Morgan fingerprint density at radius 2 is 1.68 bits per heavy atom. The molecule has 0 saturated carbocycles. The highest BCUT2D eigenvalue weighted by molar-refractivity contribution is 6.05. The lowest BCUT2D eigenvalue weighted by atomic mass is 10.2. The van der Waals surface area contributed by atoms with Gasteiger partial charge in [0.1, 0.15) is 5.52 Å². The van der Waals surface area contributed by atoms with Crippen molar-refractivity contribution in [1.29, 1.82) is 0 Å². The Kier molecular flexibility index (Phi) is 3.57. The fourth-order valence-corrected chi connectivity index (χ4v) is 2.04. The number of carbonyl (C=O) groups excluding carboxylic acids is 2. The van der Waals surface area contributed by atoms with Gasteiger partial charge in [-0.25, -0.2) is 4.98 Å². The van der Waals surface area contributed by atoms with Gasteiger partial charge in [-0.05, 0) is 42.5 Å². The lowest BCUT2D eigenvalue weighted by Crippen LogP contribution is -2.12. The Hall–Kier alpha value is -3.15. The molecule has 0 unspecified atom stereocenters. The minimum Gasteiger partial charge on any atom is -0.443 e. The van der Waals surface area contributed by atoms with Crippen molar-refractivity contribution < 1.29 is 14.0 Å². The molecule has 0 atom stereocenters. The number of anilines is 2. The van der Waals surface area contributed by atoms with Gasteiger partial charge in [0.15, 0.2) is 12.0 Å². The summed E-state index contributed by atoms with van der Waals surface area (Å²) < 4.78 is 5.18. The first-order valence-electron chi connectivity index (χ1n) is 6.64. The number of amides is 2. The molecule has 1 aromatic heterocycles. The highest BCUT2D eigenvalue weighted by Gasteiger charge is 2.09. The average Bonchev–Trinajstić information content (AvgIpc) is 2.96. The predicted octanol–water partition coefficient (Wildman–Crippen LogP) is 3.04. The maximum atomic E-state index is 12.2. The quantitative estimate of drug-likeness (QED) is 0.777. The summed E-state index contributed by atoms with van der Waals surface area (Å²) in [4.78, 5) is 27.2. The van der Waals surface area contributed by atoms with E-state index in [9.17, 15) is 9.59 Å². The van der Waals surface area contributed by atoms with Crippen molar-refractivity contribution in [2.45, 2.75) is 6.92 Å². The summed E-state index contributed by atoms with van der Waals surface area (Å²) in [7, 11) is 0. The first kappa shape index (κ1) is 13.8. The van der Waals surface area contributed by atoms with E-state index >= 15 is 0 Å². The van der Waals surface area contributed by atoms with Crippen molar-refractivity contribution in [2.24, 2.45) is 0 Å². The molecule has 0 spiro atoms. The first-order valence-corrected chi connectivity index (χ1v) is 6.64. The SMILES string of the molecule is CC(=O)Nc1ccc(NC(=O)c2ccc3ncoc3c2)cc1. The van der Waals surface area contributed by atoms with Gasteiger partial charge in [0.2, 0.25) is 5.91 Å². The number of nitrogens with zero attached hydrogens (tertiary/aromatic N) is 1. The molecule has 0 bridgehead atoms. The second-order valence-corrected chi connectivity index (χ2v) is 4.75. The zero-order chi connectivity index (χ0) is 15.5.